The van der Waals surface area contributed by atoms with Gasteiger partial charge in [-0.15, -0.1) is 0 Å². The average Bonchev–Trinajstić information content (AvgIpc) is 2.53. The van der Waals surface area contributed by atoms with Gasteiger partial charge in [0.05, 0.1) is 17.0 Å². The summed E-state index contributed by atoms with van der Waals surface area (Å²) in [5.41, 5.74) is 4.10. The number of carbonyl (C=O) groups excluding carboxylic acids is 1. The van der Waals surface area contributed by atoms with E-state index in [1.54, 1.807) is 13.0 Å². The Bertz CT molecular complexity index is 843. The van der Waals surface area contributed by atoms with Crippen LogP contribution in [0, 0.1) is 44.8 Å². The van der Waals surface area contributed by atoms with Gasteiger partial charge in [0.1, 0.15) is 16.9 Å². The quantitative estimate of drug-likeness (QED) is 0.850. The molecule has 1 amide bonds. The summed E-state index contributed by atoms with van der Waals surface area (Å²) in [7, 11) is 0. The van der Waals surface area contributed by atoms with Gasteiger partial charge in [0.25, 0.3) is 0 Å². The number of carbonyl (C=O) groups is 1. The van der Waals surface area contributed by atoms with Gasteiger partial charge in [-0.2, -0.15) is 5.26 Å². The molecule has 0 fully saturated rings. The lowest BCUT2D eigenvalue weighted by Gasteiger charge is -2.11. The molecule has 0 saturated carbocycles. The lowest BCUT2D eigenvalue weighted by molar-refractivity contribution is -0.113. The first-order valence-electron chi connectivity index (χ1n) is 7.40. The number of hydrogen-bond acceptors (Lipinski definition) is 4. The van der Waals surface area contributed by atoms with Gasteiger partial charge in [0, 0.05) is 5.69 Å². The second-order valence-corrected chi connectivity index (χ2v) is 6.52. The highest BCUT2D eigenvalue weighted by Crippen LogP contribution is 2.26. The van der Waals surface area contributed by atoms with Crippen LogP contribution in [0.5, 0.6) is 0 Å². The fraction of sp³-hybridized carbons (Fsp3) is 0.278. The van der Waals surface area contributed by atoms with E-state index in [0.29, 0.717) is 10.6 Å². The topological polar surface area (TPSA) is 65.8 Å². The van der Waals surface area contributed by atoms with E-state index in [1.807, 2.05) is 20.8 Å². The number of hydrogen-bond donors (Lipinski definition) is 1. The van der Waals surface area contributed by atoms with Crippen molar-refractivity contribution in [3.05, 3.63) is 52.0 Å². The van der Waals surface area contributed by atoms with Gasteiger partial charge in [0.15, 0.2) is 0 Å². The first-order valence-corrected chi connectivity index (χ1v) is 8.38. The number of halogens is 1. The summed E-state index contributed by atoms with van der Waals surface area (Å²) in [5, 5.41) is 12.4. The zero-order valence-corrected chi connectivity index (χ0v) is 14.8. The third-order valence-electron chi connectivity index (χ3n) is 3.81. The minimum Gasteiger partial charge on any atom is -0.323 e. The fourth-order valence-electron chi connectivity index (χ4n) is 2.19. The first kappa shape index (κ1) is 18.0. The van der Waals surface area contributed by atoms with Crippen molar-refractivity contribution in [2.75, 3.05) is 11.1 Å². The molecule has 1 aromatic carbocycles. The minimum absolute atomic E-state index is 0.0525. The maximum absolute atomic E-state index is 13.8. The van der Waals surface area contributed by atoms with Crippen LogP contribution in [0.4, 0.5) is 10.1 Å². The maximum Gasteiger partial charge on any atom is 0.234 e. The Morgan fingerprint density at radius 3 is 2.62 bits per heavy atom. The van der Waals surface area contributed by atoms with Gasteiger partial charge < -0.3 is 5.32 Å². The second-order valence-electron chi connectivity index (χ2n) is 5.56. The Balaban J connectivity index is 2.11. The van der Waals surface area contributed by atoms with E-state index >= 15 is 0 Å². The van der Waals surface area contributed by atoms with Crippen LogP contribution in [0.2, 0.25) is 0 Å². The molecule has 4 nitrogen and oxygen atoms in total. The molecule has 0 atom stereocenters. The highest BCUT2D eigenvalue weighted by molar-refractivity contribution is 8.00. The van der Waals surface area contributed by atoms with E-state index in [0.717, 1.165) is 22.4 Å². The molecule has 0 spiro atoms. The monoisotopic (exact) mass is 343 g/mol. The van der Waals surface area contributed by atoms with Crippen LogP contribution in [0.25, 0.3) is 0 Å². The number of nitrogens with one attached hydrogen (secondary N) is 1. The van der Waals surface area contributed by atoms with E-state index in [9.17, 15) is 14.4 Å². The normalized spacial score (nSPS) is 10.3. The van der Waals surface area contributed by atoms with Gasteiger partial charge in [0.2, 0.25) is 5.91 Å². The van der Waals surface area contributed by atoms with Crippen molar-refractivity contribution in [3.63, 3.8) is 0 Å². The van der Waals surface area contributed by atoms with Crippen molar-refractivity contribution in [2.45, 2.75) is 32.7 Å². The number of nitriles is 1. The molecular formula is C18H18FN3OS. The summed E-state index contributed by atoms with van der Waals surface area (Å²) in [4.78, 5) is 16.4. The molecule has 0 aliphatic carbocycles. The van der Waals surface area contributed by atoms with Crippen molar-refractivity contribution in [1.82, 2.24) is 4.98 Å². The summed E-state index contributed by atoms with van der Waals surface area (Å²) < 4.78 is 13.8. The summed E-state index contributed by atoms with van der Waals surface area (Å²) in [6, 6.07) is 6.78. The van der Waals surface area contributed by atoms with Crippen molar-refractivity contribution < 1.29 is 9.18 Å². The molecule has 2 aromatic rings. The molecule has 2 rings (SSSR count). The molecule has 0 radical (unpaired) electrons. The van der Waals surface area contributed by atoms with Crippen molar-refractivity contribution >= 4 is 23.4 Å². The number of aryl methyl sites for hydroxylation is 2. The van der Waals surface area contributed by atoms with Gasteiger partial charge in [-0.05, 0) is 56.5 Å². The van der Waals surface area contributed by atoms with E-state index < -0.39 is 5.82 Å². The zero-order valence-electron chi connectivity index (χ0n) is 14.0. The molecule has 0 bridgehead atoms. The Kier molecular flexibility index (Phi) is 5.58. The molecule has 0 aliphatic heterocycles. The number of thioether (sulfide) groups is 1. The number of nitrogens with zero attached hydrogens (tertiary/aromatic N) is 2. The van der Waals surface area contributed by atoms with Crippen molar-refractivity contribution in [3.8, 4) is 6.07 Å². The zero-order chi connectivity index (χ0) is 17.9. The first-order chi connectivity index (χ1) is 11.3. The Morgan fingerprint density at radius 2 is 2.00 bits per heavy atom. The van der Waals surface area contributed by atoms with Crippen LogP contribution >= 0.6 is 11.8 Å². The van der Waals surface area contributed by atoms with Crippen LogP contribution in [0.1, 0.15) is 27.9 Å². The van der Waals surface area contributed by atoms with Gasteiger partial charge in [-0.25, -0.2) is 9.37 Å². The van der Waals surface area contributed by atoms with Crippen LogP contribution in [0.15, 0.2) is 23.2 Å². The predicted octanol–water partition coefficient (Wildman–Crippen LogP) is 4.06. The number of aromatic nitrogens is 1. The molecule has 0 unspecified atom stereocenters. The van der Waals surface area contributed by atoms with E-state index in [-0.39, 0.29) is 17.3 Å². The molecule has 6 heteroatoms. The standard InChI is InChI=1S/C18H18FN3OS/c1-10-5-6-16(15(19)7-10)22-17(23)9-24-18-14(8-20)12(3)11(2)13(4)21-18/h5-7H,9H2,1-4H3,(H,22,23). The molecule has 0 saturated heterocycles. The van der Waals surface area contributed by atoms with E-state index in [4.69, 9.17) is 0 Å². The van der Waals surface area contributed by atoms with E-state index in [1.165, 1.54) is 23.9 Å². The Hall–Kier alpha value is -2.39. The Labute approximate surface area is 145 Å². The molecular weight excluding hydrogens is 325 g/mol. The van der Waals surface area contributed by atoms with Crippen LogP contribution in [0.3, 0.4) is 0 Å². The smallest absolute Gasteiger partial charge is 0.234 e. The third kappa shape index (κ3) is 3.92. The number of rotatable bonds is 4. The molecule has 124 valence electrons. The van der Waals surface area contributed by atoms with Crippen LogP contribution in [-0.2, 0) is 4.79 Å². The predicted molar refractivity (Wildman–Crippen MR) is 93.7 cm³/mol. The van der Waals surface area contributed by atoms with Crippen LogP contribution < -0.4 is 5.32 Å². The summed E-state index contributed by atoms with van der Waals surface area (Å²) in [6.07, 6.45) is 0. The molecule has 0 aliphatic rings. The summed E-state index contributed by atoms with van der Waals surface area (Å²) in [5.74, 6) is -0.757. The second kappa shape index (κ2) is 7.45. The number of amides is 1. The molecule has 24 heavy (non-hydrogen) atoms. The maximum atomic E-state index is 13.8. The molecule has 1 heterocycles. The van der Waals surface area contributed by atoms with E-state index in [2.05, 4.69) is 16.4 Å². The lowest BCUT2D eigenvalue weighted by atomic mass is 10.1. The average molecular weight is 343 g/mol. The summed E-state index contributed by atoms with van der Waals surface area (Å²) in [6.45, 7) is 7.44. The third-order valence-corrected chi connectivity index (χ3v) is 4.79. The summed E-state index contributed by atoms with van der Waals surface area (Å²) >= 11 is 1.18. The lowest BCUT2D eigenvalue weighted by Crippen LogP contribution is -2.15. The number of pyridine rings is 1. The molecule has 1 N–H and O–H groups in total. The molecule has 1 aromatic heterocycles. The minimum atomic E-state index is -0.466. The fourth-order valence-corrected chi connectivity index (χ4v) is 3.07. The Morgan fingerprint density at radius 1 is 1.29 bits per heavy atom. The van der Waals surface area contributed by atoms with Crippen molar-refractivity contribution in [2.24, 2.45) is 0 Å². The largest absolute Gasteiger partial charge is 0.323 e. The number of anilines is 1. The van der Waals surface area contributed by atoms with Gasteiger partial charge in [-0.1, -0.05) is 17.8 Å². The van der Waals surface area contributed by atoms with Crippen LogP contribution in [-0.4, -0.2) is 16.6 Å². The van der Waals surface area contributed by atoms with Crippen molar-refractivity contribution in [1.29, 1.82) is 5.26 Å². The SMILES string of the molecule is Cc1ccc(NC(=O)CSc2nc(C)c(C)c(C)c2C#N)c(F)c1. The highest BCUT2D eigenvalue weighted by Gasteiger charge is 2.15. The van der Waals surface area contributed by atoms with Gasteiger partial charge in [-0.3, -0.25) is 4.79 Å². The number of benzene rings is 1. The van der Waals surface area contributed by atoms with Gasteiger partial charge >= 0.3 is 0 Å². The highest BCUT2D eigenvalue weighted by atomic mass is 32.2.